The lowest BCUT2D eigenvalue weighted by atomic mass is 9.97. The lowest BCUT2D eigenvalue weighted by Gasteiger charge is -2.21. The van der Waals surface area contributed by atoms with Crippen molar-refractivity contribution in [2.24, 2.45) is 5.92 Å². The van der Waals surface area contributed by atoms with Gasteiger partial charge in [-0.3, -0.25) is 14.9 Å². The second kappa shape index (κ2) is 5.14. The third-order valence-electron chi connectivity index (χ3n) is 3.43. The Morgan fingerprint density at radius 1 is 1.32 bits per heavy atom. The summed E-state index contributed by atoms with van der Waals surface area (Å²) >= 11 is 1.57. The van der Waals surface area contributed by atoms with Gasteiger partial charge in [0.2, 0.25) is 5.91 Å². The molecule has 6 heteroatoms. The second-order valence-electron chi connectivity index (χ2n) is 4.72. The Labute approximate surface area is 114 Å². The Morgan fingerprint density at radius 2 is 2.11 bits per heavy atom. The number of rotatable bonds is 2. The summed E-state index contributed by atoms with van der Waals surface area (Å²) in [5.41, 5.74) is 1.38. The molecule has 1 fully saturated rings. The fourth-order valence-corrected chi connectivity index (χ4v) is 3.12. The number of thiophene rings is 1. The van der Waals surface area contributed by atoms with E-state index in [2.05, 4.69) is 15.6 Å². The number of amides is 2. The van der Waals surface area contributed by atoms with E-state index in [4.69, 9.17) is 0 Å². The van der Waals surface area contributed by atoms with Gasteiger partial charge in [-0.15, -0.1) is 11.3 Å². The van der Waals surface area contributed by atoms with Gasteiger partial charge in [-0.05, 0) is 43.4 Å². The van der Waals surface area contributed by atoms with Crippen LogP contribution in [0.3, 0.4) is 0 Å². The van der Waals surface area contributed by atoms with Crippen molar-refractivity contribution in [3.63, 3.8) is 0 Å². The molecule has 19 heavy (non-hydrogen) atoms. The van der Waals surface area contributed by atoms with Crippen LogP contribution in [0.15, 0.2) is 17.5 Å². The van der Waals surface area contributed by atoms with Crippen molar-refractivity contribution in [3.8, 4) is 0 Å². The minimum Gasteiger partial charge on any atom is -0.350 e. The van der Waals surface area contributed by atoms with Crippen LogP contribution in [0.2, 0.25) is 0 Å². The van der Waals surface area contributed by atoms with E-state index in [0.717, 1.165) is 36.1 Å². The average Bonchev–Trinajstić information content (AvgIpc) is 3.00. The van der Waals surface area contributed by atoms with Gasteiger partial charge in [0.1, 0.15) is 5.69 Å². The highest BCUT2D eigenvalue weighted by Crippen LogP contribution is 2.21. The summed E-state index contributed by atoms with van der Waals surface area (Å²) in [7, 11) is 0. The molecule has 3 rings (SSSR count). The molecule has 100 valence electrons. The first kappa shape index (κ1) is 12.4. The molecule has 3 heterocycles. The number of hydrogen-bond acceptors (Lipinski definition) is 4. The Bertz CT molecular complexity index is 582. The highest BCUT2D eigenvalue weighted by molar-refractivity contribution is 7.17. The Balaban J connectivity index is 1.67. The summed E-state index contributed by atoms with van der Waals surface area (Å²) in [4.78, 5) is 27.0. The van der Waals surface area contributed by atoms with Crippen LogP contribution in [0.5, 0.6) is 0 Å². The molecule has 0 radical (unpaired) electrons. The lowest BCUT2D eigenvalue weighted by Crippen LogP contribution is -2.40. The van der Waals surface area contributed by atoms with Gasteiger partial charge in [-0.1, -0.05) is 0 Å². The predicted octanol–water partition coefficient (Wildman–Crippen LogP) is 1.49. The molecule has 1 aliphatic heterocycles. The maximum absolute atomic E-state index is 12.0. The zero-order valence-electron chi connectivity index (χ0n) is 10.4. The zero-order chi connectivity index (χ0) is 13.2. The summed E-state index contributed by atoms with van der Waals surface area (Å²) in [5.74, 6) is -0.558. The van der Waals surface area contributed by atoms with Gasteiger partial charge >= 0.3 is 0 Å². The predicted molar refractivity (Wildman–Crippen MR) is 74.2 cm³/mol. The van der Waals surface area contributed by atoms with Gasteiger partial charge in [0.15, 0.2) is 0 Å². The number of carbonyl (C=O) groups excluding carboxylic acids is 2. The molecule has 2 aromatic rings. The summed E-state index contributed by atoms with van der Waals surface area (Å²) < 4.78 is 1.03. The van der Waals surface area contributed by atoms with Crippen LogP contribution >= 0.6 is 11.3 Å². The van der Waals surface area contributed by atoms with Crippen molar-refractivity contribution in [1.29, 1.82) is 0 Å². The Hall–Kier alpha value is -1.66. The first-order chi connectivity index (χ1) is 9.24. The fourth-order valence-electron chi connectivity index (χ4n) is 2.34. The van der Waals surface area contributed by atoms with Crippen LogP contribution < -0.4 is 10.6 Å². The molecular weight excluding hydrogens is 262 g/mol. The quantitative estimate of drug-likeness (QED) is 0.728. The van der Waals surface area contributed by atoms with E-state index >= 15 is 0 Å². The highest BCUT2D eigenvalue weighted by atomic mass is 32.1. The summed E-state index contributed by atoms with van der Waals surface area (Å²) in [6.45, 7) is 1.68. The van der Waals surface area contributed by atoms with E-state index in [1.807, 2.05) is 11.4 Å². The van der Waals surface area contributed by atoms with Crippen LogP contribution in [0.4, 0.5) is 0 Å². The van der Waals surface area contributed by atoms with E-state index in [9.17, 15) is 9.59 Å². The fraction of sp³-hybridized carbons (Fsp3) is 0.385. The van der Waals surface area contributed by atoms with Gasteiger partial charge in [0, 0.05) is 5.92 Å². The number of piperidine rings is 1. The molecular formula is C13H15N3O2S. The molecule has 0 saturated carbocycles. The number of nitrogens with one attached hydrogen (secondary N) is 3. The van der Waals surface area contributed by atoms with Crippen LogP contribution in [0, 0.1) is 5.92 Å². The van der Waals surface area contributed by atoms with Crippen LogP contribution in [-0.4, -0.2) is 29.9 Å². The number of aromatic amines is 1. The molecule has 0 unspecified atom stereocenters. The molecule has 2 amide bonds. The molecule has 0 aliphatic carbocycles. The Kier molecular flexibility index (Phi) is 3.35. The molecule has 1 saturated heterocycles. The van der Waals surface area contributed by atoms with Crippen molar-refractivity contribution in [2.45, 2.75) is 12.8 Å². The third-order valence-corrected chi connectivity index (χ3v) is 4.30. The molecule has 0 bridgehead atoms. The lowest BCUT2D eigenvalue weighted by molar-refractivity contribution is -0.124. The highest BCUT2D eigenvalue weighted by Gasteiger charge is 2.23. The van der Waals surface area contributed by atoms with Crippen LogP contribution in [-0.2, 0) is 4.79 Å². The van der Waals surface area contributed by atoms with Crippen molar-refractivity contribution in [2.75, 3.05) is 13.1 Å². The monoisotopic (exact) mass is 277 g/mol. The summed E-state index contributed by atoms with van der Waals surface area (Å²) in [6, 6.07) is 3.70. The maximum Gasteiger partial charge on any atom is 0.274 e. The number of imide groups is 1. The van der Waals surface area contributed by atoms with Gasteiger partial charge in [-0.2, -0.15) is 0 Å². The van der Waals surface area contributed by atoms with E-state index in [1.54, 1.807) is 17.4 Å². The average molecular weight is 277 g/mol. The van der Waals surface area contributed by atoms with Gasteiger partial charge in [0.25, 0.3) is 5.91 Å². The topological polar surface area (TPSA) is 74.0 Å². The van der Waals surface area contributed by atoms with Crippen molar-refractivity contribution >= 4 is 33.4 Å². The Morgan fingerprint density at radius 3 is 2.84 bits per heavy atom. The van der Waals surface area contributed by atoms with E-state index < -0.39 is 0 Å². The van der Waals surface area contributed by atoms with Gasteiger partial charge in [-0.25, -0.2) is 0 Å². The van der Waals surface area contributed by atoms with Gasteiger partial charge in [0.05, 0.1) is 10.2 Å². The normalized spacial score (nSPS) is 16.6. The van der Waals surface area contributed by atoms with E-state index in [-0.39, 0.29) is 17.7 Å². The molecule has 3 N–H and O–H groups in total. The molecule has 0 aromatic carbocycles. The number of H-pyrrole nitrogens is 1. The minimum absolute atomic E-state index is 0.0544. The minimum atomic E-state index is -0.341. The van der Waals surface area contributed by atoms with E-state index in [1.165, 1.54) is 0 Å². The number of hydrogen-bond donors (Lipinski definition) is 3. The van der Waals surface area contributed by atoms with Crippen LogP contribution in [0.25, 0.3) is 10.2 Å². The molecule has 1 aliphatic rings. The second-order valence-corrected chi connectivity index (χ2v) is 5.67. The number of aromatic nitrogens is 1. The SMILES string of the molecule is O=C(NC(=O)C1CCNCC1)c1cc2sccc2[nH]1. The summed E-state index contributed by atoms with van der Waals surface area (Å²) in [5, 5.41) is 7.64. The smallest absolute Gasteiger partial charge is 0.274 e. The number of fused-ring (bicyclic) bond motifs is 1. The number of carbonyl (C=O) groups is 2. The first-order valence-corrected chi connectivity index (χ1v) is 7.24. The first-order valence-electron chi connectivity index (χ1n) is 6.36. The zero-order valence-corrected chi connectivity index (χ0v) is 11.2. The molecule has 0 atom stereocenters. The van der Waals surface area contributed by atoms with Crippen molar-refractivity contribution in [3.05, 3.63) is 23.2 Å². The summed E-state index contributed by atoms with van der Waals surface area (Å²) in [6.07, 6.45) is 1.58. The maximum atomic E-state index is 12.0. The van der Waals surface area contributed by atoms with Crippen molar-refractivity contribution in [1.82, 2.24) is 15.6 Å². The third kappa shape index (κ3) is 2.54. The molecule has 5 nitrogen and oxygen atoms in total. The van der Waals surface area contributed by atoms with E-state index in [0.29, 0.717) is 5.69 Å². The molecule has 0 spiro atoms. The largest absolute Gasteiger partial charge is 0.350 e. The standard InChI is InChI=1S/C13H15N3O2S/c17-12(8-1-4-14-5-2-8)16-13(18)10-7-11-9(15-10)3-6-19-11/h3,6-8,14-15H,1-2,4-5H2,(H,16,17,18). The van der Waals surface area contributed by atoms with Gasteiger partial charge < -0.3 is 10.3 Å². The molecule has 2 aromatic heterocycles. The van der Waals surface area contributed by atoms with Crippen LogP contribution in [0.1, 0.15) is 23.3 Å². The van der Waals surface area contributed by atoms with Crippen molar-refractivity contribution < 1.29 is 9.59 Å².